The first-order valence-corrected chi connectivity index (χ1v) is 10.8. The summed E-state index contributed by atoms with van der Waals surface area (Å²) in [6, 6.07) is 15.0. The zero-order valence-electron chi connectivity index (χ0n) is 16.7. The van der Waals surface area contributed by atoms with Crippen molar-refractivity contribution < 1.29 is 18.3 Å². The third-order valence-corrected chi connectivity index (χ3v) is 6.83. The molecular weight excluding hydrogens is 425 g/mol. The SMILES string of the molecule is CC1(CC(O)(C=Nc2cccc3[nH]c(=O)ccc23)C(F)(F)F)CCSc2ccccc21. The number of benzene rings is 2. The number of aromatic nitrogens is 1. The Morgan fingerprint density at radius 3 is 2.71 bits per heavy atom. The highest BCUT2D eigenvalue weighted by Crippen LogP contribution is 2.48. The lowest BCUT2D eigenvalue weighted by atomic mass is 9.71. The summed E-state index contributed by atoms with van der Waals surface area (Å²) in [5, 5.41) is 11.3. The predicted molar refractivity (Wildman–Crippen MR) is 117 cm³/mol. The van der Waals surface area contributed by atoms with Gasteiger partial charge in [-0.25, -0.2) is 0 Å². The molecule has 1 aliphatic rings. The number of hydrogen-bond donors (Lipinski definition) is 2. The van der Waals surface area contributed by atoms with Crippen LogP contribution < -0.4 is 5.56 Å². The first-order chi connectivity index (χ1) is 14.6. The highest BCUT2D eigenvalue weighted by Gasteiger charge is 2.56. The lowest BCUT2D eigenvalue weighted by Crippen LogP contribution is -2.51. The first-order valence-electron chi connectivity index (χ1n) is 9.80. The molecule has 0 fully saturated rings. The van der Waals surface area contributed by atoms with Gasteiger partial charge in [-0.3, -0.25) is 9.79 Å². The third-order valence-electron chi connectivity index (χ3n) is 5.76. The van der Waals surface area contributed by atoms with Crippen LogP contribution in [0.1, 0.15) is 25.3 Å². The quantitative estimate of drug-likeness (QED) is 0.530. The molecule has 0 amide bonds. The van der Waals surface area contributed by atoms with E-state index in [1.165, 1.54) is 12.1 Å². The lowest BCUT2D eigenvalue weighted by Gasteiger charge is -2.41. The molecule has 4 rings (SSSR count). The summed E-state index contributed by atoms with van der Waals surface area (Å²) < 4.78 is 42.2. The van der Waals surface area contributed by atoms with Crippen LogP contribution in [0.15, 0.2) is 69.3 Å². The molecule has 2 heterocycles. The van der Waals surface area contributed by atoms with Crippen LogP contribution in [0.2, 0.25) is 0 Å². The van der Waals surface area contributed by atoms with Gasteiger partial charge in [-0.1, -0.05) is 31.2 Å². The molecule has 0 saturated carbocycles. The summed E-state index contributed by atoms with van der Waals surface area (Å²) in [6.07, 6.45) is -4.33. The van der Waals surface area contributed by atoms with Crippen LogP contribution in [0, 0.1) is 0 Å². The van der Waals surface area contributed by atoms with Crippen LogP contribution in [-0.4, -0.2) is 33.8 Å². The Kier molecular flexibility index (Phi) is 5.47. The minimum atomic E-state index is -4.90. The van der Waals surface area contributed by atoms with E-state index >= 15 is 0 Å². The fourth-order valence-electron chi connectivity index (χ4n) is 4.07. The van der Waals surface area contributed by atoms with Gasteiger partial charge in [-0.2, -0.15) is 13.2 Å². The largest absolute Gasteiger partial charge is 0.422 e. The minimum absolute atomic E-state index is 0.237. The van der Waals surface area contributed by atoms with Gasteiger partial charge in [0.1, 0.15) is 0 Å². The molecule has 1 aliphatic heterocycles. The van der Waals surface area contributed by atoms with E-state index in [4.69, 9.17) is 0 Å². The van der Waals surface area contributed by atoms with Crippen molar-refractivity contribution in [3.8, 4) is 0 Å². The Balaban J connectivity index is 1.74. The number of rotatable bonds is 4. The van der Waals surface area contributed by atoms with Crippen molar-refractivity contribution in [2.45, 2.75) is 41.9 Å². The standard InChI is InChI=1S/C23H21F3N2O2S/c1-21(11-12-31-19-8-3-2-5-16(19)21)13-22(30,23(24,25)26)14-27-17-6-4-7-18-15(17)9-10-20(29)28-18/h2-10,14,30H,11-13H2,1H3,(H,28,29). The van der Waals surface area contributed by atoms with Gasteiger partial charge < -0.3 is 10.1 Å². The Labute approximate surface area is 181 Å². The molecule has 0 spiro atoms. The minimum Gasteiger partial charge on any atom is -0.376 e. The Bertz CT molecular complexity index is 1210. The number of pyridine rings is 1. The van der Waals surface area contributed by atoms with Crippen molar-refractivity contribution in [1.82, 2.24) is 4.98 Å². The molecule has 4 nitrogen and oxygen atoms in total. The van der Waals surface area contributed by atoms with Gasteiger partial charge in [0.05, 0.1) is 11.2 Å². The molecule has 0 bridgehead atoms. The van der Waals surface area contributed by atoms with Gasteiger partial charge >= 0.3 is 6.18 Å². The molecule has 0 saturated heterocycles. The molecule has 2 atom stereocenters. The summed E-state index contributed by atoms with van der Waals surface area (Å²) in [6.45, 7) is 1.76. The number of halogens is 3. The number of fused-ring (bicyclic) bond motifs is 2. The van der Waals surface area contributed by atoms with E-state index in [-0.39, 0.29) is 11.2 Å². The van der Waals surface area contributed by atoms with Crippen LogP contribution in [0.3, 0.4) is 0 Å². The fraction of sp³-hybridized carbons (Fsp3) is 0.304. The number of alkyl halides is 3. The second-order valence-electron chi connectivity index (χ2n) is 8.07. The van der Waals surface area contributed by atoms with Crippen LogP contribution in [-0.2, 0) is 5.41 Å². The van der Waals surface area contributed by atoms with Gasteiger partial charge in [0.15, 0.2) is 5.60 Å². The zero-order chi connectivity index (χ0) is 22.3. The molecule has 3 aromatic rings. The van der Waals surface area contributed by atoms with Crippen molar-refractivity contribution in [1.29, 1.82) is 0 Å². The van der Waals surface area contributed by atoms with Gasteiger partial charge in [-0.15, -0.1) is 11.8 Å². The topological polar surface area (TPSA) is 65.5 Å². The maximum absolute atomic E-state index is 14.1. The average molecular weight is 446 g/mol. The van der Waals surface area contributed by atoms with Crippen molar-refractivity contribution in [3.05, 3.63) is 70.5 Å². The van der Waals surface area contributed by atoms with E-state index in [1.807, 2.05) is 18.2 Å². The van der Waals surface area contributed by atoms with E-state index in [2.05, 4.69) is 9.98 Å². The summed E-state index contributed by atoms with van der Waals surface area (Å²) in [4.78, 5) is 19.1. The van der Waals surface area contributed by atoms with E-state index in [9.17, 15) is 23.1 Å². The Morgan fingerprint density at radius 2 is 1.94 bits per heavy atom. The smallest absolute Gasteiger partial charge is 0.376 e. The molecule has 8 heteroatoms. The van der Waals surface area contributed by atoms with E-state index < -0.39 is 23.6 Å². The molecule has 2 unspecified atom stereocenters. The third kappa shape index (κ3) is 4.14. The van der Waals surface area contributed by atoms with Crippen LogP contribution >= 0.6 is 11.8 Å². The van der Waals surface area contributed by atoms with E-state index in [1.54, 1.807) is 43.0 Å². The zero-order valence-corrected chi connectivity index (χ0v) is 17.6. The maximum Gasteiger partial charge on any atom is 0.422 e. The molecular formula is C23H21F3N2O2S. The maximum atomic E-state index is 14.1. The van der Waals surface area contributed by atoms with Crippen molar-refractivity contribution in [3.63, 3.8) is 0 Å². The normalized spacial score (nSPS) is 21.2. The number of aliphatic imine (C=N–C) groups is 1. The molecule has 162 valence electrons. The van der Waals surface area contributed by atoms with Crippen LogP contribution in [0.5, 0.6) is 0 Å². The summed E-state index contributed by atoms with van der Waals surface area (Å²) in [5.74, 6) is 0.676. The second kappa shape index (κ2) is 7.84. The molecule has 31 heavy (non-hydrogen) atoms. The summed E-state index contributed by atoms with van der Waals surface area (Å²) in [5.41, 5.74) is -2.78. The average Bonchev–Trinajstić information content (AvgIpc) is 2.71. The van der Waals surface area contributed by atoms with Gasteiger partial charge in [0.2, 0.25) is 5.56 Å². The first kappa shape index (κ1) is 21.6. The number of aliphatic hydroxyl groups is 1. The second-order valence-corrected chi connectivity index (χ2v) is 9.21. The number of H-pyrrole nitrogens is 1. The van der Waals surface area contributed by atoms with Crippen molar-refractivity contribution >= 4 is 34.6 Å². The highest BCUT2D eigenvalue weighted by atomic mass is 32.2. The number of nitrogens with zero attached hydrogens (tertiary/aromatic N) is 1. The summed E-state index contributed by atoms with van der Waals surface area (Å²) >= 11 is 1.61. The molecule has 0 radical (unpaired) electrons. The monoisotopic (exact) mass is 446 g/mol. The van der Waals surface area contributed by atoms with Crippen molar-refractivity contribution in [2.24, 2.45) is 4.99 Å². The van der Waals surface area contributed by atoms with E-state index in [0.29, 0.717) is 29.3 Å². The fourth-order valence-corrected chi connectivity index (χ4v) is 5.49. The highest BCUT2D eigenvalue weighted by molar-refractivity contribution is 7.99. The van der Waals surface area contributed by atoms with E-state index in [0.717, 1.165) is 10.5 Å². The predicted octanol–water partition coefficient (Wildman–Crippen LogP) is 5.37. The van der Waals surface area contributed by atoms with Gasteiger partial charge in [-0.05, 0) is 53.8 Å². The number of thioether (sulfide) groups is 1. The molecule has 2 aromatic carbocycles. The Morgan fingerprint density at radius 1 is 1.16 bits per heavy atom. The number of hydrogen-bond acceptors (Lipinski definition) is 4. The molecule has 0 aliphatic carbocycles. The van der Waals surface area contributed by atoms with Gasteiger partial charge in [0, 0.05) is 22.6 Å². The van der Waals surface area contributed by atoms with Crippen molar-refractivity contribution in [2.75, 3.05) is 5.75 Å². The Hall–Kier alpha value is -2.58. The van der Waals surface area contributed by atoms with Gasteiger partial charge in [0.25, 0.3) is 0 Å². The number of aromatic amines is 1. The lowest BCUT2D eigenvalue weighted by molar-refractivity contribution is -0.235. The number of nitrogens with one attached hydrogen (secondary N) is 1. The van der Waals surface area contributed by atoms with Crippen LogP contribution in [0.4, 0.5) is 18.9 Å². The molecule has 1 aromatic heterocycles. The molecule has 2 N–H and O–H groups in total. The van der Waals surface area contributed by atoms with Crippen LogP contribution in [0.25, 0.3) is 10.9 Å². The summed E-state index contributed by atoms with van der Waals surface area (Å²) in [7, 11) is 0.